The Kier molecular flexibility index (Phi) is 9.11. The average molecular weight is 465 g/mol. The van der Waals surface area contributed by atoms with Gasteiger partial charge in [-0.3, -0.25) is 14.4 Å². The van der Waals surface area contributed by atoms with Gasteiger partial charge >= 0.3 is 5.97 Å². The Labute approximate surface area is 196 Å². The van der Waals surface area contributed by atoms with E-state index in [0.717, 1.165) is 64.5 Å². The van der Waals surface area contributed by atoms with E-state index in [0.29, 0.717) is 38.3 Å². The van der Waals surface area contributed by atoms with Gasteiger partial charge in [-0.1, -0.05) is 19.3 Å². The number of carboxylic acid groups (broad SMARTS) is 1. The van der Waals surface area contributed by atoms with Gasteiger partial charge < -0.3 is 26.0 Å². The molecule has 0 aromatic heterocycles. The largest absolute Gasteiger partial charge is 0.478 e. The Morgan fingerprint density at radius 3 is 2.15 bits per heavy atom. The molecule has 0 radical (unpaired) electrons. The molecule has 2 saturated heterocycles. The van der Waals surface area contributed by atoms with E-state index in [1.807, 2.05) is 0 Å². The van der Waals surface area contributed by atoms with Gasteiger partial charge in [0.15, 0.2) is 0 Å². The highest BCUT2D eigenvalue weighted by Crippen LogP contribution is 2.25. The fourth-order valence-corrected chi connectivity index (χ4v) is 5.27. The van der Waals surface area contributed by atoms with Gasteiger partial charge in [-0.05, 0) is 70.9 Å². The van der Waals surface area contributed by atoms with Crippen LogP contribution in [0.4, 0.5) is 0 Å². The zero-order valence-electron chi connectivity index (χ0n) is 19.9. The molecule has 3 rings (SSSR count). The van der Waals surface area contributed by atoms with E-state index in [2.05, 4.69) is 16.0 Å². The highest BCUT2D eigenvalue weighted by atomic mass is 16.4. The number of piperidine rings is 2. The molecular weight excluding hydrogens is 424 g/mol. The molecule has 2 atom stereocenters. The molecule has 3 amide bonds. The number of carbonyl (C=O) groups is 4. The normalized spacial score (nSPS) is 24.5. The van der Waals surface area contributed by atoms with E-state index in [9.17, 15) is 24.3 Å². The number of nitrogens with one attached hydrogen (secondary N) is 3. The SMILES string of the molecule is C[C@@](NC(=O)C1CCCCC1)(NC(=O)[C@@H]1CCCN(C(=O)CCC2CCNCC2)C1)C(=O)O. The Morgan fingerprint density at radius 1 is 0.909 bits per heavy atom. The molecule has 2 aliphatic heterocycles. The summed E-state index contributed by atoms with van der Waals surface area (Å²) in [5, 5.41) is 18.2. The summed E-state index contributed by atoms with van der Waals surface area (Å²) in [4.78, 5) is 52.1. The maximum absolute atomic E-state index is 13.0. The van der Waals surface area contributed by atoms with Crippen molar-refractivity contribution in [3.05, 3.63) is 0 Å². The molecule has 1 aliphatic carbocycles. The third-order valence-electron chi connectivity index (χ3n) is 7.52. The molecular formula is C24H40N4O5. The van der Waals surface area contributed by atoms with Gasteiger partial charge in [0.2, 0.25) is 23.4 Å². The first-order valence-corrected chi connectivity index (χ1v) is 12.6. The highest BCUT2D eigenvalue weighted by molar-refractivity contribution is 5.92. The van der Waals surface area contributed by atoms with Crippen LogP contribution in [0, 0.1) is 17.8 Å². The number of aliphatic carboxylic acids is 1. The fraction of sp³-hybridized carbons (Fsp3) is 0.833. The van der Waals surface area contributed by atoms with Crippen LogP contribution in [0.25, 0.3) is 0 Å². The summed E-state index contributed by atoms with van der Waals surface area (Å²) in [6, 6.07) is 0. The Morgan fingerprint density at radius 2 is 1.52 bits per heavy atom. The van der Waals surface area contributed by atoms with E-state index in [1.165, 1.54) is 6.92 Å². The lowest BCUT2D eigenvalue weighted by molar-refractivity contribution is -0.152. The second-order valence-electron chi connectivity index (χ2n) is 10.2. The highest BCUT2D eigenvalue weighted by Gasteiger charge is 2.40. The standard InChI is InChI=1S/C24H40N4O5/c1-24(23(32)33,26-21(30)18-6-3-2-4-7-18)27-22(31)19-8-5-15-28(16-19)20(29)10-9-17-11-13-25-14-12-17/h17-19,25H,2-16H2,1H3,(H,26,30)(H,27,31)(H,32,33)/t19-,24-/m1/s1. The number of hydrogen-bond acceptors (Lipinski definition) is 5. The predicted molar refractivity (Wildman–Crippen MR) is 123 cm³/mol. The molecule has 3 fully saturated rings. The van der Waals surface area contributed by atoms with Gasteiger partial charge in [0, 0.05) is 25.4 Å². The number of hydrogen-bond donors (Lipinski definition) is 4. The molecule has 0 aromatic rings. The Balaban J connectivity index is 1.52. The van der Waals surface area contributed by atoms with Gasteiger partial charge in [-0.15, -0.1) is 0 Å². The van der Waals surface area contributed by atoms with Crippen molar-refractivity contribution in [2.45, 2.75) is 83.2 Å². The van der Waals surface area contributed by atoms with Gasteiger partial charge in [-0.25, -0.2) is 4.79 Å². The fourth-order valence-electron chi connectivity index (χ4n) is 5.27. The number of carboxylic acids is 1. The second kappa shape index (κ2) is 11.8. The molecule has 4 N–H and O–H groups in total. The lowest BCUT2D eigenvalue weighted by Crippen LogP contribution is -2.65. The van der Waals surface area contributed by atoms with Crippen LogP contribution in [0.15, 0.2) is 0 Å². The van der Waals surface area contributed by atoms with Crippen molar-refractivity contribution >= 4 is 23.7 Å². The number of likely N-dealkylation sites (tertiary alicyclic amines) is 1. The maximum atomic E-state index is 13.0. The van der Waals surface area contributed by atoms with E-state index in [4.69, 9.17) is 0 Å². The lowest BCUT2D eigenvalue weighted by Gasteiger charge is -2.35. The van der Waals surface area contributed by atoms with E-state index in [-0.39, 0.29) is 17.7 Å². The number of carbonyl (C=O) groups excluding carboxylic acids is 3. The molecule has 9 heteroatoms. The van der Waals surface area contributed by atoms with E-state index >= 15 is 0 Å². The Hall–Kier alpha value is -2.16. The van der Waals surface area contributed by atoms with Crippen LogP contribution in [0.1, 0.15) is 77.6 Å². The van der Waals surface area contributed by atoms with Crippen molar-refractivity contribution in [3.8, 4) is 0 Å². The second-order valence-corrected chi connectivity index (χ2v) is 10.2. The molecule has 0 unspecified atom stereocenters. The van der Waals surface area contributed by atoms with Crippen LogP contribution in [-0.4, -0.2) is 65.5 Å². The first-order chi connectivity index (χ1) is 15.8. The predicted octanol–water partition coefficient (Wildman–Crippen LogP) is 1.62. The third-order valence-corrected chi connectivity index (χ3v) is 7.52. The maximum Gasteiger partial charge on any atom is 0.350 e. The van der Waals surface area contributed by atoms with Crippen LogP contribution < -0.4 is 16.0 Å². The smallest absolute Gasteiger partial charge is 0.350 e. The summed E-state index contributed by atoms with van der Waals surface area (Å²) in [6.07, 6.45) is 9.34. The first kappa shape index (κ1) is 25.5. The van der Waals surface area contributed by atoms with Crippen molar-refractivity contribution in [1.82, 2.24) is 20.9 Å². The summed E-state index contributed by atoms with van der Waals surface area (Å²) in [5.74, 6) is -2.10. The minimum atomic E-state index is -1.87. The number of rotatable bonds is 8. The van der Waals surface area contributed by atoms with Gasteiger partial charge in [-0.2, -0.15) is 0 Å². The van der Waals surface area contributed by atoms with E-state index < -0.39 is 23.5 Å². The van der Waals surface area contributed by atoms with Crippen molar-refractivity contribution in [2.75, 3.05) is 26.2 Å². The van der Waals surface area contributed by atoms with Gasteiger partial charge in [0.25, 0.3) is 0 Å². The molecule has 0 bridgehead atoms. The Bertz CT molecular complexity index is 718. The molecule has 0 spiro atoms. The molecule has 186 valence electrons. The topological polar surface area (TPSA) is 128 Å². The lowest BCUT2D eigenvalue weighted by atomic mass is 9.88. The molecule has 0 aromatic carbocycles. The quantitative estimate of drug-likeness (QED) is 0.404. The molecule has 2 heterocycles. The first-order valence-electron chi connectivity index (χ1n) is 12.6. The summed E-state index contributed by atoms with van der Waals surface area (Å²) >= 11 is 0. The monoisotopic (exact) mass is 464 g/mol. The van der Waals surface area contributed by atoms with Crippen molar-refractivity contribution in [3.63, 3.8) is 0 Å². The van der Waals surface area contributed by atoms with Crippen LogP contribution in [-0.2, 0) is 19.2 Å². The summed E-state index contributed by atoms with van der Waals surface area (Å²) in [6.45, 7) is 4.25. The summed E-state index contributed by atoms with van der Waals surface area (Å²) in [7, 11) is 0. The number of nitrogens with zero attached hydrogens (tertiary/aromatic N) is 1. The van der Waals surface area contributed by atoms with Gasteiger partial charge in [0.1, 0.15) is 0 Å². The average Bonchev–Trinajstić information content (AvgIpc) is 2.83. The molecule has 3 aliphatic rings. The molecule has 33 heavy (non-hydrogen) atoms. The summed E-state index contributed by atoms with van der Waals surface area (Å²) < 4.78 is 0. The zero-order valence-corrected chi connectivity index (χ0v) is 19.9. The van der Waals surface area contributed by atoms with Crippen molar-refractivity contribution in [2.24, 2.45) is 17.8 Å². The van der Waals surface area contributed by atoms with Crippen LogP contribution in [0.2, 0.25) is 0 Å². The van der Waals surface area contributed by atoms with Crippen LogP contribution in [0.5, 0.6) is 0 Å². The zero-order chi connectivity index (χ0) is 23.8. The molecule has 1 saturated carbocycles. The third kappa shape index (κ3) is 7.16. The van der Waals surface area contributed by atoms with Crippen LogP contribution in [0.3, 0.4) is 0 Å². The van der Waals surface area contributed by atoms with Crippen molar-refractivity contribution < 1.29 is 24.3 Å². The number of amides is 3. The summed E-state index contributed by atoms with van der Waals surface area (Å²) in [5.41, 5.74) is -1.87. The van der Waals surface area contributed by atoms with E-state index in [1.54, 1.807) is 4.90 Å². The van der Waals surface area contributed by atoms with Crippen molar-refractivity contribution in [1.29, 1.82) is 0 Å². The minimum absolute atomic E-state index is 0.0673. The minimum Gasteiger partial charge on any atom is -0.478 e. The molecule has 9 nitrogen and oxygen atoms in total. The van der Waals surface area contributed by atoms with Gasteiger partial charge in [0.05, 0.1) is 5.92 Å². The van der Waals surface area contributed by atoms with Crippen LogP contribution >= 0.6 is 0 Å².